The molecule has 0 saturated heterocycles. The number of carboxylic acid groups (broad SMARTS) is 1. The van der Waals surface area contributed by atoms with E-state index in [2.05, 4.69) is 30.5 Å². The maximum Gasteiger partial charge on any atom is 0.472 e. The van der Waals surface area contributed by atoms with E-state index < -0.39 is 51.1 Å². The van der Waals surface area contributed by atoms with E-state index in [0.29, 0.717) is 12.8 Å². The van der Waals surface area contributed by atoms with Gasteiger partial charge in [0.1, 0.15) is 12.6 Å². The lowest BCUT2D eigenvalue weighted by molar-refractivity contribution is -0.161. The van der Waals surface area contributed by atoms with Gasteiger partial charge in [0.05, 0.1) is 13.2 Å². The fraction of sp³-hybridized carbons (Fsp3) is 0.848. The van der Waals surface area contributed by atoms with Gasteiger partial charge in [0.25, 0.3) is 0 Å². The molecule has 0 aromatic carbocycles. The van der Waals surface area contributed by atoms with Gasteiger partial charge in [0.15, 0.2) is 6.10 Å². The van der Waals surface area contributed by atoms with Crippen LogP contribution in [0.4, 0.5) is 0 Å². The Morgan fingerprint density at radius 1 is 0.667 bits per heavy atom. The molecule has 0 aliphatic heterocycles. The summed E-state index contributed by atoms with van der Waals surface area (Å²) in [5, 5.41) is 8.82. The zero-order valence-electron chi connectivity index (χ0n) is 28.0. The van der Waals surface area contributed by atoms with E-state index in [-0.39, 0.29) is 19.4 Å². The molecule has 0 aromatic heterocycles. The first kappa shape index (κ1) is 43.2. The second-order valence-corrected chi connectivity index (χ2v) is 13.1. The number of rotatable bonds is 32. The lowest BCUT2D eigenvalue weighted by Crippen LogP contribution is -2.34. The zero-order chi connectivity index (χ0) is 33.6. The lowest BCUT2D eigenvalue weighted by Gasteiger charge is -2.20. The summed E-state index contributed by atoms with van der Waals surface area (Å²) in [5.74, 6) is -2.39. The fourth-order valence-corrected chi connectivity index (χ4v) is 5.25. The predicted molar refractivity (Wildman–Crippen MR) is 176 cm³/mol. The van der Waals surface area contributed by atoms with Gasteiger partial charge in [-0.15, -0.1) is 0 Å². The smallest absolute Gasteiger partial charge is 0.472 e. The SMILES string of the molecule is CCCCC/C=C\CCCCCCCC(=O)OC(COC(=O)CCCCCCCCCCC)COP(=O)(O)OCC(N)C(=O)O. The molecule has 0 amide bonds. The molecule has 0 aliphatic carbocycles. The molecule has 3 unspecified atom stereocenters. The van der Waals surface area contributed by atoms with Crippen molar-refractivity contribution in [2.75, 3.05) is 19.8 Å². The van der Waals surface area contributed by atoms with Crippen LogP contribution in [0.3, 0.4) is 0 Å². The van der Waals surface area contributed by atoms with Crippen molar-refractivity contribution in [2.24, 2.45) is 5.73 Å². The third-order valence-corrected chi connectivity index (χ3v) is 8.21. The molecule has 264 valence electrons. The predicted octanol–water partition coefficient (Wildman–Crippen LogP) is 7.78. The number of carbonyl (C=O) groups is 3. The standard InChI is InChI=1S/C33H62NO10P/c1-3-5-7-9-11-13-14-15-17-19-21-23-25-32(36)44-29(27-42-45(39,40)43-28-30(34)33(37)38)26-41-31(35)24-22-20-18-16-12-10-8-6-4-2/h11,13,29-30H,3-10,12,14-28,34H2,1-2H3,(H,37,38)(H,39,40)/b13-11-. The Hall–Kier alpha value is -1.78. The third kappa shape index (κ3) is 29.4. The summed E-state index contributed by atoms with van der Waals surface area (Å²) in [6, 6.07) is -1.52. The lowest BCUT2D eigenvalue weighted by atomic mass is 10.1. The molecule has 0 fully saturated rings. The number of carbonyl (C=O) groups excluding carboxylic acids is 2. The minimum atomic E-state index is -4.70. The number of phosphoric ester groups is 1. The number of esters is 2. The number of unbranched alkanes of at least 4 members (excludes halogenated alkanes) is 16. The monoisotopic (exact) mass is 663 g/mol. The molecule has 0 radical (unpaired) electrons. The first-order chi connectivity index (χ1) is 21.6. The maximum absolute atomic E-state index is 12.5. The second-order valence-electron chi connectivity index (χ2n) is 11.7. The molecule has 45 heavy (non-hydrogen) atoms. The van der Waals surface area contributed by atoms with Crippen LogP contribution >= 0.6 is 7.82 Å². The Kier molecular flexibility index (Phi) is 28.4. The van der Waals surface area contributed by atoms with Crippen LogP contribution in [0.5, 0.6) is 0 Å². The normalized spacial score (nSPS) is 14.2. The minimum Gasteiger partial charge on any atom is -0.480 e. The van der Waals surface area contributed by atoms with Crippen molar-refractivity contribution in [3.05, 3.63) is 12.2 Å². The minimum absolute atomic E-state index is 0.154. The number of carboxylic acids is 1. The Labute approximate surface area is 271 Å². The van der Waals surface area contributed by atoms with Crippen LogP contribution < -0.4 is 5.73 Å². The van der Waals surface area contributed by atoms with E-state index in [9.17, 15) is 23.8 Å². The van der Waals surface area contributed by atoms with Crippen molar-refractivity contribution in [2.45, 2.75) is 161 Å². The Morgan fingerprint density at radius 2 is 1.11 bits per heavy atom. The van der Waals surface area contributed by atoms with Gasteiger partial charge in [-0.25, -0.2) is 4.57 Å². The maximum atomic E-state index is 12.5. The molecule has 0 rings (SSSR count). The molecule has 3 atom stereocenters. The van der Waals surface area contributed by atoms with Gasteiger partial charge in [-0.3, -0.25) is 23.4 Å². The van der Waals surface area contributed by atoms with Crippen molar-refractivity contribution in [3.63, 3.8) is 0 Å². The van der Waals surface area contributed by atoms with Gasteiger partial charge in [-0.1, -0.05) is 109 Å². The van der Waals surface area contributed by atoms with Crippen molar-refractivity contribution in [1.82, 2.24) is 0 Å². The molecule has 0 heterocycles. The summed E-state index contributed by atoms with van der Waals surface area (Å²) in [6.07, 6.45) is 24.4. The van der Waals surface area contributed by atoms with E-state index >= 15 is 0 Å². The van der Waals surface area contributed by atoms with E-state index in [1.165, 1.54) is 51.4 Å². The number of allylic oxidation sites excluding steroid dienone is 2. The van der Waals surface area contributed by atoms with Crippen LogP contribution in [0.2, 0.25) is 0 Å². The molecule has 0 saturated carbocycles. The van der Waals surface area contributed by atoms with Crippen molar-refractivity contribution >= 4 is 25.7 Å². The number of hydrogen-bond donors (Lipinski definition) is 3. The highest BCUT2D eigenvalue weighted by atomic mass is 31.2. The molecule has 0 aromatic rings. The summed E-state index contributed by atoms with van der Waals surface area (Å²) in [6.45, 7) is 2.71. The summed E-state index contributed by atoms with van der Waals surface area (Å²) in [4.78, 5) is 45.5. The molecule has 4 N–H and O–H groups in total. The largest absolute Gasteiger partial charge is 0.480 e. The van der Waals surface area contributed by atoms with Crippen molar-refractivity contribution in [3.8, 4) is 0 Å². The number of phosphoric acid groups is 1. The summed E-state index contributed by atoms with van der Waals surface area (Å²) < 4.78 is 32.4. The highest BCUT2D eigenvalue weighted by Gasteiger charge is 2.28. The van der Waals surface area contributed by atoms with Crippen molar-refractivity contribution in [1.29, 1.82) is 0 Å². The Morgan fingerprint density at radius 3 is 1.67 bits per heavy atom. The Bertz CT molecular complexity index is 838. The van der Waals surface area contributed by atoms with E-state index in [0.717, 1.165) is 57.8 Å². The van der Waals surface area contributed by atoms with Gasteiger partial charge in [0.2, 0.25) is 0 Å². The van der Waals surface area contributed by atoms with Crippen LogP contribution in [0.1, 0.15) is 149 Å². The van der Waals surface area contributed by atoms with Gasteiger partial charge in [0, 0.05) is 12.8 Å². The van der Waals surface area contributed by atoms with Gasteiger partial charge >= 0.3 is 25.7 Å². The molecule has 0 bridgehead atoms. The van der Waals surface area contributed by atoms with Crippen molar-refractivity contribution < 1.29 is 47.5 Å². The number of nitrogens with two attached hydrogens (primary N) is 1. The van der Waals surface area contributed by atoms with E-state index in [1.54, 1.807) is 0 Å². The zero-order valence-corrected chi connectivity index (χ0v) is 28.9. The third-order valence-electron chi connectivity index (χ3n) is 7.26. The molecular formula is C33H62NO10P. The fourth-order valence-electron chi connectivity index (χ4n) is 4.47. The first-order valence-electron chi connectivity index (χ1n) is 17.2. The second kappa shape index (κ2) is 29.6. The molecule has 0 aliphatic rings. The van der Waals surface area contributed by atoms with Crippen LogP contribution in [-0.2, 0) is 37.5 Å². The molecule has 12 heteroatoms. The average Bonchev–Trinajstić information content (AvgIpc) is 3.00. The molecule has 11 nitrogen and oxygen atoms in total. The van der Waals surface area contributed by atoms with Crippen LogP contribution in [0.15, 0.2) is 12.2 Å². The topological polar surface area (TPSA) is 172 Å². The van der Waals surface area contributed by atoms with Gasteiger partial charge in [-0.05, 0) is 38.5 Å². The summed E-state index contributed by atoms with van der Waals surface area (Å²) >= 11 is 0. The molecular weight excluding hydrogens is 601 g/mol. The Balaban J connectivity index is 4.51. The summed E-state index contributed by atoms with van der Waals surface area (Å²) in [5.41, 5.74) is 5.29. The van der Waals surface area contributed by atoms with Gasteiger partial charge < -0.3 is 25.2 Å². The van der Waals surface area contributed by atoms with Crippen LogP contribution in [0, 0.1) is 0 Å². The van der Waals surface area contributed by atoms with E-state index in [4.69, 9.17) is 24.8 Å². The average molecular weight is 664 g/mol. The van der Waals surface area contributed by atoms with E-state index in [1.807, 2.05) is 0 Å². The highest BCUT2D eigenvalue weighted by molar-refractivity contribution is 7.47. The number of hydrogen-bond acceptors (Lipinski definition) is 9. The number of ether oxygens (including phenoxy) is 2. The number of aliphatic carboxylic acids is 1. The highest BCUT2D eigenvalue weighted by Crippen LogP contribution is 2.43. The molecule has 0 spiro atoms. The van der Waals surface area contributed by atoms with Gasteiger partial charge in [-0.2, -0.15) is 0 Å². The quantitative estimate of drug-likeness (QED) is 0.0278. The summed E-state index contributed by atoms with van der Waals surface area (Å²) in [7, 11) is -4.70. The first-order valence-corrected chi connectivity index (χ1v) is 18.7. The van der Waals surface area contributed by atoms with Crippen LogP contribution in [-0.4, -0.2) is 59.9 Å². The van der Waals surface area contributed by atoms with Crippen LogP contribution in [0.25, 0.3) is 0 Å².